The maximum Gasteiger partial charge on any atom is 0.322 e. The van der Waals surface area contributed by atoms with Gasteiger partial charge in [-0.15, -0.1) is 0 Å². The minimum atomic E-state index is -0.313. The Kier molecular flexibility index (Phi) is 7.22. The van der Waals surface area contributed by atoms with Gasteiger partial charge in [0.1, 0.15) is 5.75 Å². The SMILES string of the molecule is COc1ccc(NC(=O)N(Cc2cc3cc(OC)c(OC)cc3[nH]c2=O)C[C@@H]2CCCO2)cc1. The summed E-state index contributed by atoms with van der Waals surface area (Å²) < 4.78 is 21.6. The Morgan fingerprint density at radius 2 is 1.82 bits per heavy atom. The van der Waals surface area contributed by atoms with Crippen LogP contribution in [-0.4, -0.2) is 56.5 Å². The summed E-state index contributed by atoms with van der Waals surface area (Å²) >= 11 is 0. The summed E-state index contributed by atoms with van der Waals surface area (Å²) in [6.07, 6.45) is 1.76. The molecule has 0 unspecified atom stereocenters. The normalized spacial score (nSPS) is 15.2. The monoisotopic (exact) mass is 467 g/mol. The van der Waals surface area contributed by atoms with Gasteiger partial charge in [0.05, 0.1) is 39.5 Å². The largest absolute Gasteiger partial charge is 0.497 e. The van der Waals surface area contributed by atoms with Crippen LogP contribution in [0.25, 0.3) is 10.9 Å². The highest BCUT2D eigenvalue weighted by atomic mass is 16.5. The number of H-pyrrole nitrogens is 1. The van der Waals surface area contributed by atoms with Gasteiger partial charge in [-0.05, 0) is 49.2 Å². The zero-order chi connectivity index (χ0) is 24.1. The van der Waals surface area contributed by atoms with Crippen molar-refractivity contribution in [2.24, 2.45) is 0 Å². The van der Waals surface area contributed by atoms with Crippen molar-refractivity contribution < 1.29 is 23.7 Å². The fourth-order valence-electron chi connectivity index (χ4n) is 4.03. The molecule has 3 aromatic rings. The van der Waals surface area contributed by atoms with Gasteiger partial charge < -0.3 is 34.1 Å². The molecule has 1 aliphatic heterocycles. The zero-order valence-corrected chi connectivity index (χ0v) is 19.6. The minimum Gasteiger partial charge on any atom is -0.497 e. The summed E-state index contributed by atoms with van der Waals surface area (Å²) in [4.78, 5) is 30.6. The fraction of sp³-hybridized carbons (Fsp3) is 0.360. The summed E-state index contributed by atoms with van der Waals surface area (Å²) in [5, 5.41) is 3.68. The summed E-state index contributed by atoms with van der Waals surface area (Å²) in [5.41, 5.74) is 1.45. The van der Waals surface area contributed by atoms with Crippen LogP contribution >= 0.6 is 0 Å². The maximum atomic E-state index is 13.2. The second kappa shape index (κ2) is 10.5. The van der Waals surface area contributed by atoms with Gasteiger partial charge in [0.2, 0.25) is 0 Å². The second-order valence-corrected chi connectivity index (χ2v) is 8.09. The van der Waals surface area contributed by atoms with E-state index in [2.05, 4.69) is 10.3 Å². The predicted molar refractivity (Wildman–Crippen MR) is 129 cm³/mol. The number of hydrogen-bond donors (Lipinski definition) is 2. The topological polar surface area (TPSA) is 102 Å². The number of urea groups is 1. The van der Waals surface area contributed by atoms with Gasteiger partial charge >= 0.3 is 6.03 Å². The number of benzene rings is 2. The predicted octanol–water partition coefficient (Wildman–Crippen LogP) is 3.77. The van der Waals surface area contributed by atoms with Crippen molar-refractivity contribution in [3.05, 3.63) is 58.4 Å². The third kappa shape index (κ3) is 5.26. The summed E-state index contributed by atoms with van der Waals surface area (Å²) in [6, 6.07) is 12.1. The average Bonchev–Trinajstić information content (AvgIpc) is 3.37. The Bertz CT molecular complexity index is 1200. The summed E-state index contributed by atoms with van der Waals surface area (Å²) in [7, 11) is 4.69. The summed E-state index contributed by atoms with van der Waals surface area (Å²) in [5.74, 6) is 1.78. The van der Waals surface area contributed by atoms with Crippen molar-refractivity contribution in [2.45, 2.75) is 25.5 Å². The lowest BCUT2D eigenvalue weighted by molar-refractivity contribution is 0.0818. The van der Waals surface area contributed by atoms with Crippen molar-refractivity contribution >= 4 is 22.6 Å². The molecule has 0 bridgehead atoms. The molecule has 34 heavy (non-hydrogen) atoms. The van der Waals surface area contributed by atoms with Gasteiger partial charge in [-0.1, -0.05) is 0 Å². The number of pyridine rings is 1. The second-order valence-electron chi connectivity index (χ2n) is 8.09. The molecule has 1 atom stereocenters. The van der Waals surface area contributed by atoms with E-state index in [1.54, 1.807) is 68.7 Å². The Balaban J connectivity index is 1.61. The number of amides is 2. The number of carbonyl (C=O) groups is 1. The van der Waals surface area contributed by atoms with Gasteiger partial charge in [0, 0.05) is 35.9 Å². The molecule has 4 rings (SSSR count). The molecular formula is C25H29N3O6. The third-order valence-corrected chi connectivity index (χ3v) is 5.86. The van der Waals surface area contributed by atoms with Crippen LogP contribution in [0.2, 0.25) is 0 Å². The number of ether oxygens (including phenoxy) is 4. The first-order chi connectivity index (χ1) is 16.5. The number of hydrogen-bond acceptors (Lipinski definition) is 6. The van der Waals surface area contributed by atoms with E-state index in [1.807, 2.05) is 0 Å². The fourth-order valence-corrected chi connectivity index (χ4v) is 4.03. The van der Waals surface area contributed by atoms with Gasteiger partial charge in [-0.3, -0.25) is 4.79 Å². The van der Waals surface area contributed by atoms with Crippen molar-refractivity contribution in [1.29, 1.82) is 0 Å². The molecule has 9 heteroatoms. The molecule has 0 saturated carbocycles. The molecule has 1 fully saturated rings. The molecule has 1 aliphatic rings. The molecule has 2 aromatic carbocycles. The van der Waals surface area contributed by atoms with Crippen molar-refractivity contribution in [2.75, 3.05) is 39.8 Å². The van der Waals surface area contributed by atoms with Crippen LogP contribution in [0.15, 0.2) is 47.3 Å². The van der Waals surface area contributed by atoms with E-state index in [0.29, 0.717) is 47.2 Å². The van der Waals surface area contributed by atoms with E-state index in [0.717, 1.165) is 18.2 Å². The van der Waals surface area contributed by atoms with Crippen molar-refractivity contribution in [3.8, 4) is 17.2 Å². The number of methoxy groups -OCH3 is 3. The van der Waals surface area contributed by atoms with Crippen LogP contribution in [0, 0.1) is 0 Å². The Labute approximate surface area is 197 Å². The molecule has 2 N–H and O–H groups in total. The van der Waals surface area contributed by atoms with E-state index in [1.165, 1.54) is 0 Å². The Hall–Kier alpha value is -3.72. The highest BCUT2D eigenvalue weighted by Gasteiger charge is 2.24. The van der Waals surface area contributed by atoms with Crippen LogP contribution < -0.4 is 25.1 Å². The molecule has 0 aliphatic carbocycles. The zero-order valence-electron chi connectivity index (χ0n) is 19.6. The van der Waals surface area contributed by atoms with E-state index in [-0.39, 0.29) is 24.2 Å². The van der Waals surface area contributed by atoms with E-state index in [9.17, 15) is 9.59 Å². The van der Waals surface area contributed by atoms with Crippen LogP contribution in [0.4, 0.5) is 10.5 Å². The minimum absolute atomic E-state index is 0.0643. The lowest BCUT2D eigenvalue weighted by Crippen LogP contribution is -2.40. The quantitative estimate of drug-likeness (QED) is 0.523. The number of anilines is 1. The smallest absolute Gasteiger partial charge is 0.322 e. The third-order valence-electron chi connectivity index (χ3n) is 5.86. The molecule has 1 aromatic heterocycles. The number of carbonyl (C=O) groups excluding carboxylic acids is 1. The molecular weight excluding hydrogens is 438 g/mol. The highest BCUT2D eigenvalue weighted by molar-refractivity contribution is 5.89. The molecule has 1 saturated heterocycles. The van der Waals surface area contributed by atoms with Crippen LogP contribution in [-0.2, 0) is 11.3 Å². The number of rotatable bonds is 8. The maximum absolute atomic E-state index is 13.2. The number of fused-ring (bicyclic) bond motifs is 1. The van der Waals surface area contributed by atoms with Crippen LogP contribution in [0.5, 0.6) is 17.2 Å². The van der Waals surface area contributed by atoms with Crippen LogP contribution in [0.3, 0.4) is 0 Å². The molecule has 0 radical (unpaired) electrons. The average molecular weight is 468 g/mol. The van der Waals surface area contributed by atoms with Crippen LogP contribution in [0.1, 0.15) is 18.4 Å². The van der Waals surface area contributed by atoms with Gasteiger partial charge in [-0.25, -0.2) is 4.79 Å². The van der Waals surface area contributed by atoms with Gasteiger partial charge in [0.25, 0.3) is 5.56 Å². The van der Waals surface area contributed by atoms with Gasteiger partial charge in [0.15, 0.2) is 11.5 Å². The van der Waals surface area contributed by atoms with Crippen molar-refractivity contribution in [1.82, 2.24) is 9.88 Å². The number of nitrogens with zero attached hydrogens (tertiary/aromatic N) is 1. The lowest BCUT2D eigenvalue weighted by Gasteiger charge is -2.26. The van der Waals surface area contributed by atoms with Crippen molar-refractivity contribution in [3.63, 3.8) is 0 Å². The summed E-state index contributed by atoms with van der Waals surface area (Å²) in [6.45, 7) is 1.18. The first-order valence-electron chi connectivity index (χ1n) is 11.1. The standard InChI is InChI=1S/C25H29N3O6/c1-31-19-8-6-18(7-9-19)26-25(30)28(15-20-5-4-10-34-20)14-17-11-16-12-22(32-2)23(33-3)13-21(16)27-24(17)29/h6-9,11-13,20H,4-5,10,14-15H2,1-3H3,(H,26,30)(H,27,29)/t20-/m0/s1. The van der Waals surface area contributed by atoms with E-state index in [4.69, 9.17) is 18.9 Å². The highest BCUT2D eigenvalue weighted by Crippen LogP contribution is 2.31. The number of nitrogens with one attached hydrogen (secondary N) is 2. The number of aromatic amines is 1. The first-order valence-corrected chi connectivity index (χ1v) is 11.1. The Morgan fingerprint density at radius 3 is 2.47 bits per heavy atom. The Morgan fingerprint density at radius 1 is 1.09 bits per heavy atom. The lowest BCUT2D eigenvalue weighted by atomic mass is 10.1. The molecule has 9 nitrogen and oxygen atoms in total. The molecule has 2 amide bonds. The molecule has 2 heterocycles. The molecule has 0 spiro atoms. The molecule has 180 valence electrons. The number of aromatic nitrogens is 1. The first kappa shape index (κ1) is 23.4. The van der Waals surface area contributed by atoms with E-state index >= 15 is 0 Å². The van der Waals surface area contributed by atoms with Gasteiger partial charge in [-0.2, -0.15) is 0 Å². The van der Waals surface area contributed by atoms with E-state index < -0.39 is 0 Å².